The van der Waals surface area contributed by atoms with Crippen molar-refractivity contribution < 1.29 is 19.1 Å². The zero-order valence-electron chi connectivity index (χ0n) is 23.7. The van der Waals surface area contributed by atoms with Crippen LogP contribution in [0.25, 0.3) is 6.08 Å². The van der Waals surface area contributed by atoms with Gasteiger partial charge in [0.05, 0.1) is 6.04 Å². The average molecular weight is 555 g/mol. The molecule has 0 unspecified atom stereocenters. The summed E-state index contributed by atoms with van der Waals surface area (Å²) in [6, 6.07) is 23.7. The Morgan fingerprint density at radius 1 is 0.927 bits per heavy atom. The van der Waals surface area contributed by atoms with Gasteiger partial charge in [0.2, 0.25) is 17.7 Å². The van der Waals surface area contributed by atoms with E-state index in [1.807, 2.05) is 86.6 Å². The molecule has 2 heterocycles. The minimum absolute atomic E-state index is 0.158. The molecule has 0 radical (unpaired) electrons. The highest BCUT2D eigenvalue weighted by atomic mass is 16.5. The highest BCUT2D eigenvalue weighted by molar-refractivity contribution is 5.94. The SMILES string of the molecule is CC[C@H](C)[C@@H]1NC(=O)[C@@H](NC(=O)[C@H](Cc2ccccc2)NC)[C@@H](c2ccccc2)Oc2ccc(cc2)/C=C\NC1=O. The lowest BCUT2D eigenvalue weighted by atomic mass is 9.95. The molecule has 8 nitrogen and oxygen atoms in total. The van der Waals surface area contributed by atoms with Gasteiger partial charge in [-0.3, -0.25) is 14.4 Å². The Balaban J connectivity index is 1.75. The topological polar surface area (TPSA) is 109 Å². The summed E-state index contributed by atoms with van der Waals surface area (Å²) in [7, 11) is 1.71. The first-order valence-electron chi connectivity index (χ1n) is 14.0. The lowest BCUT2D eigenvalue weighted by Gasteiger charge is -2.32. The Hall–Kier alpha value is -4.43. The Bertz CT molecular complexity index is 1330. The minimum atomic E-state index is -1.14. The van der Waals surface area contributed by atoms with Crippen LogP contribution in [-0.4, -0.2) is 42.9 Å². The van der Waals surface area contributed by atoms with Gasteiger partial charge in [0.1, 0.15) is 17.8 Å². The molecule has 0 fully saturated rings. The van der Waals surface area contributed by atoms with Gasteiger partial charge in [-0.15, -0.1) is 0 Å². The molecule has 3 aromatic carbocycles. The van der Waals surface area contributed by atoms with E-state index in [1.54, 1.807) is 31.5 Å². The van der Waals surface area contributed by atoms with Crippen LogP contribution in [0.3, 0.4) is 0 Å². The number of fused-ring (bicyclic) bond motifs is 10. The summed E-state index contributed by atoms with van der Waals surface area (Å²) in [6.45, 7) is 3.87. The Labute approximate surface area is 241 Å². The van der Waals surface area contributed by atoms with Crippen molar-refractivity contribution in [2.45, 2.75) is 50.9 Å². The molecule has 41 heavy (non-hydrogen) atoms. The van der Waals surface area contributed by atoms with Crippen molar-refractivity contribution in [3.8, 4) is 5.75 Å². The molecule has 5 atom stereocenters. The average Bonchev–Trinajstić information content (AvgIpc) is 3.01. The van der Waals surface area contributed by atoms with E-state index in [-0.39, 0.29) is 17.7 Å². The van der Waals surface area contributed by atoms with E-state index in [2.05, 4.69) is 21.3 Å². The zero-order valence-corrected chi connectivity index (χ0v) is 23.7. The quantitative estimate of drug-likeness (QED) is 0.339. The Morgan fingerprint density at radius 3 is 2.22 bits per heavy atom. The molecular weight excluding hydrogens is 516 g/mol. The molecule has 0 saturated heterocycles. The molecule has 3 aromatic rings. The van der Waals surface area contributed by atoms with E-state index in [9.17, 15) is 14.4 Å². The van der Waals surface area contributed by atoms with Gasteiger partial charge in [0.25, 0.3) is 0 Å². The molecule has 0 aliphatic carbocycles. The van der Waals surface area contributed by atoms with Crippen LogP contribution in [-0.2, 0) is 20.8 Å². The van der Waals surface area contributed by atoms with Crippen molar-refractivity contribution >= 4 is 23.8 Å². The van der Waals surface area contributed by atoms with Gasteiger partial charge in [0, 0.05) is 6.20 Å². The van der Waals surface area contributed by atoms with E-state index >= 15 is 0 Å². The molecule has 214 valence electrons. The van der Waals surface area contributed by atoms with Crippen LogP contribution >= 0.6 is 0 Å². The molecule has 0 saturated carbocycles. The number of hydrogen-bond donors (Lipinski definition) is 4. The number of nitrogens with one attached hydrogen (secondary N) is 4. The van der Waals surface area contributed by atoms with Crippen LogP contribution in [0.2, 0.25) is 0 Å². The molecule has 4 N–H and O–H groups in total. The molecule has 8 heteroatoms. The first kappa shape index (κ1) is 29.6. The highest BCUT2D eigenvalue weighted by Crippen LogP contribution is 2.27. The maximum atomic E-state index is 14.1. The standard InChI is InChI=1S/C33H38N4O4/c1-4-22(2)28-32(39)35-20-19-23-15-17-26(18-16-23)41-30(25-13-9-6-10-14-25)29(33(40)36-28)37-31(38)27(34-3)21-24-11-7-5-8-12-24/h5-20,22,27-30,34H,4,21H2,1-3H3,(H,35,39)(H,36,40)(H,37,38)/b20-19-/t22-,27-,28-,29-,30+/m0/s1. The van der Waals surface area contributed by atoms with E-state index < -0.39 is 30.1 Å². The number of carbonyl (C=O) groups excluding carboxylic acids is 3. The monoisotopic (exact) mass is 554 g/mol. The second kappa shape index (κ2) is 14.3. The van der Waals surface area contributed by atoms with Crippen LogP contribution in [0.15, 0.2) is 91.1 Å². The van der Waals surface area contributed by atoms with Gasteiger partial charge < -0.3 is 26.0 Å². The van der Waals surface area contributed by atoms with Gasteiger partial charge in [-0.2, -0.15) is 0 Å². The van der Waals surface area contributed by atoms with Gasteiger partial charge in [0.15, 0.2) is 6.10 Å². The number of likely N-dealkylation sites (N-methyl/N-ethyl adjacent to an activating group) is 1. The fourth-order valence-electron chi connectivity index (χ4n) is 4.74. The maximum Gasteiger partial charge on any atom is 0.247 e. The van der Waals surface area contributed by atoms with Crippen molar-refractivity contribution in [2.75, 3.05) is 7.05 Å². The normalized spacial score (nSPS) is 21.4. The number of amides is 3. The molecule has 0 aromatic heterocycles. The van der Waals surface area contributed by atoms with Crippen molar-refractivity contribution in [1.29, 1.82) is 0 Å². The molecule has 5 rings (SSSR count). The zero-order chi connectivity index (χ0) is 29.2. The number of carbonyl (C=O) groups is 3. The first-order valence-corrected chi connectivity index (χ1v) is 14.0. The smallest absolute Gasteiger partial charge is 0.247 e. The largest absolute Gasteiger partial charge is 0.483 e. The Kier molecular flexibility index (Phi) is 10.3. The molecule has 2 aliphatic rings. The third-order valence-electron chi connectivity index (χ3n) is 7.40. The second-order valence-electron chi connectivity index (χ2n) is 10.2. The maximum absolute atomic E-state index is 14.1. The van der Waals surface area contributed by atoms with Crippen molar-refractivity contribution in [1.82, 2.24) is 21.3 Å². The van der Waals surface area contributed by atoms with E-state index in [1.165, 1.54) is 0 Å². The van der Waals surface area contributed by atoms with E-state index in [0.717, 1.165) is 11.1 Å². The number of hydrogen-bond acceptors (Lipinski definition) is 5. The molecule has 3 amide bonds. The first-order chi connectivity index (χ1) is 19.9. The number of ether oxygens (including phenoxy) is 1. The van der Waals surface area contributed by atoms with Gasteiger partial charge in [-0.1, -0.05) is 93.1 Å². The lowest BCUT2D eigenvalue weighted by molar-refractivity contribution is -0.135. The number of rotatable bonds is 8. The second-order valence-corrected chi connectivity index (χ2v) is 10.2. The van der Waals surface area contributed by atoms with E-state index in [0.29, 0.717) is 24.2 Å². The summed E-state index contributed by atoms with van der Waals surface area (Å²) >= 11 is 0. The summed E-state index contributed by atoms with van der Waals surface area (Å²) < 4.78 is 6.44. The summed E-state index contributed by atoms with van der Waals surface area (Å²) in [5.41, 5.74) is 2.56. The van der Waals surface area contributed by atoms with Crippen LogP contribution in [0.5, 0.6) is 5.75 Å². The fourth-order valence-corrected chi connectivity index (χ4v) is 4.74. The summed E-state index contributed by atoms with van der Waals surface area (Å²) in [5, 5.41) is 11.8. The predicted molar refractivity (Wildman–Crippen MR) is 160 cm³/mol. The lowest BCUT2D eigenvalue weighted by Crippen LogP contribution is -2.59. The van der Waals surface area contributed by atoms with Crippen LogP contribution in [0.1, 0.15) is 43.1 Å². The van der Waals surface area contributed by atoms with Crippen molar-refractivity contribution in [3.05, 3.63) is 108 Å². The van der Waals surface area contributed by atoms with Crippen LogP contribution < -0.4 is 26.0 Å². The third kappa shape index (κ3) is 7.83. The summed E-state index contributed by atoms with van der Waals surface area (Å²) in [6.07, 6.45) is 3.57. The third-order valence-corrected chi connectivity index (χ3v) is 7.40. The van der Waals surface area contributed by atoms with Gasteiger partial charge in [-0.05, 0) is 54.3 Å². The molecule has 2 aliphatic heterocycles. The minimum Gasteiger partial charge on any atom is -0.483 e. The van der Waals surface area contributed by atoms with Gasteiger partial charge in [-0.25, -0.2) is 0 Å². The molecular formula is C33H38N4O4. The van der Waals surface area contributed by atoms with Crippen molar-refractivity contribution in [2.24, 2.45) is 5.92 Å². The molecule has 0 spiro atoms. The molecule has 2 bridgehead atoms. The van der Waals surface area contributed by atoms with Crippen LogP contribution in [0.4, 0.5) is 0 Å². The summed E-state index contributed by atoms with van der Waals surface area (Å²) in [4.78, 5) is 41.0. The Morgan fingerprint density at radius 2 is 1.59 bits per heavy atom. The van der Waals surface area contributed by atoms with E-state index in [4.69, 9.17) is 4.74 Å². The highest BCUT2D eigenvalue weighted by Gasteiger charge is 2.37. The van der Waals surface area contributed by atoms with Crippen LogP contribution in [0, 0.1) is 5.92 Å². The van der Waals surface area contributed by atoms with Crippen molar-refractivity contribution in [3.63, 3.8) is 0 Å². The predicted octanol–water partition coefficient (Wildman–Crippen LogP) is 3.75. The fraction of sp³-hybridized carbons (Fsp3) is 0.303. The summed E-state index contributed by atoms with van der Waals surface area (Å²) in [5.74, 6) is -0.826. The number of benzene rings is 3. The van der Waals surface area contributed by atoms with Gasteiger partial charge >= 0.3 is 0 Å².